The number of rotatable bonds is 2. The average molecular weight is 266 g/mol. The van der Waals surface area contributed by atoms with E-state index in [9.17, 15) is 4.79 Å². The Labute approximate surface area is 111 Å². The van der Waals surface area contributed by atoms with Crippen LogP contribution in [0.5, 0.6) is 0 Å². The van der Waals surface area contributed by atoms with Crippen LogP contribution in [0.1, 0.15) is 48.2 Å². The van der Waals surface area contributed by atoms with E-state index >= 15 is 0 Å². The zero-order valence-electron chi connectivity index (χ0n) is 10.4. The van der Waals surface area contributed by atoms with Gasteiger partial charge in [-0.15, -0.1) is 0 Å². The second-order valence-corrected chi connectivity index (χ2v) is 6.55. The second kappa shape index (κ2) is 4.53. The minimum absolute atomic E-state index is 0.342. The highest BCUT2D eigenvalue weighted by Gasteiger charge is 2.39. The van der Waals surface area contributed by atoms with Gasteiger partial charge in [0.2, 0.25) is 0 Å². The van der Waals surface area contributed by atoms with E-state index in [1.807, 2.05) is 0 Å². The van der Waals surface area contributed by atoms with Crippen LogP contribution < -0.4 is 4.90 Å². The predicted molar refractivity (Wildman–Crippen MR) is 71.4 cm³/mol. The van der Waals surface area contributed by atoms with Gasteiger partial charge in [0.1, 0.15) is 4.88 Å². The number of thiazole rings is 1. The van der Waals surface area contributed by atoms with Crippen LogP contribution in [0.3, 0.4) is 0 Å². The normalized spacial score (nSPS) is 22.6. The molecule has 18 heavy (non-hydrogen) atoms. The minimum Gasteiger partial charge on any atom is -0.477 e. The minimum atomic E-state index is -0.870. The largest absolute Gasteiger partial charge is 0.477 e. The van der Waals surface area contributed by atoms with Crippen LogP contribution >= 0.6 is 11.3 Å². The van der Waals surface area contributed by atoms with Gasteiger partial charge in [-0.2, -0.15) is 0 Å². The first kappa shape index (κ1) is 12.0. The van der Waals surface area contributed by atoms with E-state index in [2.05, 4.69) is 9.88 Å². The molecule has 0 aromatic carbocycles. The SMILES string of the molecule is O=C(O)c1cnc(N2CCC3(CCCCC3)C2)s1. The number of carboxylic acid groups (broad SMARTS) is 1. The van der Waals surface area contributed by atoms with Crippen LogP contribution in [0.4, 0.5) is 5.13 Å². The van der Waals surface area contributed by atoms with Crippen molar-refractivity contribution in [3.05, 3.63) is 11.1 Å². The van der Waals surface area contributed by atoms with E-state index in [0.717, 1.165) is 18.2 Å². The Morgan fingerprint density at radius 1 is 1.33 bits per heavy atom. The van der Waals surface area contributed by atoms with Gasteiger partial charge in [0.25, 0.3) is 0 Å². The summed E-state index contributed by atoms with van der Waals surface area (Å²) in [7, 11) is 0. The van der Waals surface area contributed by atoms with Gasteiger partial charge in [-0.25, -0.2) is 9.78 Å². The summed E-state index contributed by atoms with van der Waals surface area (Å²) in [6.45, 7) is 2.10. The van der Waals surface area contributed by atoms with E-state index in [0.29, 0.717) is 10.3 Å². The van der Waals surface area contributed by atoms with Crippen LogP contribution in [-0.4, -0.2) is 29.1 Å². The first-order valence-electron chi connectivity index (χ1n) is 6.63. The predicted octanol–water partition coefficient (Wildman–Crippen LogP) is 3.00. The van der Waals surface area contributed by atoms with Crippen LogP contribution in [-0.2, 0) is 0 Å². The van der Waals surface area contributed by atoms with Crippen molar-refractivity contribution in [1.82, 2.24) is 4.98 Å². The molecule has 5 heteroatoms. The fraction of sp³-hybridized carbons (Fsp3) is 0.692. The molecule has 98 valence electrons. The van der Waals surface area contributed by atoms with Gasteiger partial charge in [0.15, 0.2) is 5.13 Å². The van der Waals surface area contributed by atoms with Crippen molar-refractivity contribution in [3.8, 4) is 0 Å². The zero-order valence-corrected chi connectivity index (χ0v) is 11.2. The number of hydrogen-bond donors (Lipinski definition) is 1. The summed E-state index contributed by atoms with van der Waals surface area (Å²) in [6.07, 6.45) is 9.48. The van der Waals surface area contributed by atoms with E-state index in [-0.39, 0.29) is 0 Å². The molecule has 2 aliphatic rings. The highest BCUT2D eigenvalue weighted by atomic mass is 32.1. The molecule has 0 amide bonds. The third kappa shape index (κ3) is 2.11. The first-order chi connectivity index (χ1) is 8.69. The fourth-order valence-corrected chi connectivity index (χ4v) is 4.10. The van der Waals surface area contributed by atoms with Gasteiger partial charge in [0, 0.05) is 13.1 Å². The number of aromatic nitrogens is 1. The Morgan fingerprint density at radius 2 is 2.11 bits per heavy atom. The third-order valence-electron chi connectivity index (χ3n) is 4.33. The lowest BCUT2D eigenvalue weighted by atomic mass is 9.74. The summed E-state index contributed by atoms with van der Waals surface area (Å²) < 4.78 is 0. The maximum atomic E-state index is 10.9. The maximum absolute atomic E-state index is 10.9. The summed E-state index contributed by atoms with van der Waals surface area (Å²) in [5, 5.41) is 9.82. The standard InChI is InChI=1S/C13H18N2O2S/c16-11(17)10-8-14-12(18-10)15-7-6-13(9-15)4-2-1-3-5-13/h8H,1-7,9H2,(H,16,17). The summed E-state index contributed by atoms with van der Waals surface area (Å²) >= 11 is 1.30. The summed E-state index contributed by atoms with van der Waals surface area (Å²) in [5.74, 6) is -0.870. The van der Waals surface area contributed by atoms with E-state index in [1.165, 1.54) is 56.1 Å². The lowest BCUT2D eigenvalue weighted by molar-refractivity contribution is 0.0702. The zero-order chi connectivity index (χ0) is 12.6. The maximum Gasteiger partial charge on any atom is 0.347 e. The molecule has 3 rings (SSSR count). The molecule has 0 atom stereocenters. The van der Waals surface area contributed by atoms with Gasteiger partial charge in [-0.3, -0.25) is 0 Å². The van der Waals surface area contributed by atoms with Crippen molar-refractivity contribution < 1.29 is 9.90 Å². The topological polar surface area (TPSA) is 53.4 Å². The molecule has 1 spiro atoms. The van der Waals surface area contributed by atoms with Gasteiger partial charge >= 0.3 is 5.97 Å². The van der Waals surface area contributed by atoms with Crippen molar-refractivity contribution in [3.63, 3.8) is 0 Å². The fourth-order valence-electron chi connectivity index (χ4n) is 3.32. The van der Waals surface area contributed by atoms with Gasteiger partial charge in [-0.1, -0.05) is 30.6 Å². The molecule has 0 radical (unpaired) electrons. The summed E-state index contributed by atoms with van der Waals surface area (Å²) in [6, 6.07) is 0. The molecule has 0 unspecified atom stereocenters. The number of carbonyl (C=O) groups is 1. The molecule has 0 bridgehead atoms. The first-order valence-corrected chi connectivity index (χ1v) is 7.44. The molecule has 2 heterocycles. The monoisotopic (exact) mass is 266 g/mol. The van der Waals surface area contributed by atoms with Crippen molar-refractivity contribution in [2.75, 3.05) is 18.0 Å². The Morgan fingerprint density at radius 3 is 2.78 bits per heavy atom. The Bertz CT molecular complexity index is 452. The number of aromatic carboxylic acids is 1. The van der Waals surface area contributed by atoms with Crippen LogP contribution in [0, 0.1) is 5.41 Å². The molecule has 1 saturated carbocycles. The average Bonchev–Trinajstić information content (AvgIpc) is 2.97. The highest BCUT2D eigenvalue weighted by molar-refractivity contribution is 7.17. The highest BCUT2D eigenvalue weighted by Crippen LogP contribution is 2.45. The Kier molecular flexibility index (Phi) is 3.01. The summed E-state index contributed by atoms with van der Waals surface area (Å²) in [5.41, 5.74) is 0.493. The lowest BCUT2D eigenvalue weighted by Crippen LogP contribution is -2.29. The molecule has 4 nitrogen and oxygen atoms in total. The van der Waals surface area contributed by atoms with E-state index in [4.69, 9.17) is 5.11 Å². The molecule has 1 saturated heterocycles. The van der Waals surface area contributed by atoms with Crippen molar-refractivity contribution in [2.24, 2.45) is 5.41 Å². The number of carboxylic acids is 1. The van der Waals surface area contributed by atoms with Crippen molar-refractivity contribution >= 4 is 22.4 Å². The van der Waals surface area contributed by atoms with Crippen LogP contribution in [0.2, 0.25) is 0 Å². The van der Waals surface area contributed by atoms with E-state index in [1.54, 1.807) is 0 Å². The third-order valence-corrected chi connectivity index (χ3v) is 5.37. The van der Waals surface area contributed by atoms with Crippen LogP contribution in [0.25, 0.3) is 0 Å². The Balaban J connectivity index is 1.72. The molecule has 1 aromatic rings. The Hall–Kier alpha value is -1.10. The van der Waals surface area contributed by atoms with E-state index < -0.39 is 5.97 Å². The summed E-state index contributed by atoms with van der Waals surface area (Å²) in [4.78, 5) is 17.8. The molecular formula is C13H18N2O2S. The van der Waals surface area contributed by atoms with Gasteiger partial charge in [-0.05, 0) is 24.7 Å². The molecule has 1 aliphatic carbocycles. The smallest absolute Gasteiger partial charge is 0.347 e. The van der Waals surface area contributed by atoms with Crippen molar-refractivity contribution in [2.45, 2.75) is 38.5 Å². The van der Waals surface area contributed by atoms with Crippen LogP contribution in [0.15, 0.2) is 6.20 Å². The molecular weight excluding hydrogens is 248 g/mol. The van der Waals surface area contributed by atoms with Gasteiger partial charge < -0.3 is 10.0 Å². The second-order valence-electron chi connectivity index (χ2n) is 5.54. The number of hydrogen-bond acceptors (Lipinski definition) is 4. The molecule has 1 N–H and O–H groups in total. The quantitative estimate of drug-likeness (QED) is 0.894. The number of nitrogens with zero attached hydrogens (tertiary/aromatic N) is 2. The van der Waals surface area contributed by atoms with Crippen molar-refractivity contribution in [1.29, 1.82) is 0 Å². The molecule has 1 aliphatic heterocycles. The lowest BCUT2D eigenvalue weighted by Gasteiger charge is -2.33. The van der Waals surface area contributed by atoms with Gasteiger partial charge in [0.05, 0.1) is 6.20 Å². The molecule has 1 aromatic heterocycles. The number of anilines is 1. The molecule has 2 fully saturated rings.